The number of nitrogens with zero attached hydrogens (tertiary/aromatic N) is 1. The Labute approximate surface area is 118 Å². The third-order valence-corrected chi connectivity index (χ3v) is 4.30. The molecule has 0 N–H and O–H groups in total. The van der Waals surface area contributed by atoms with E-state index in [1.165, 1.54) is 16.7 Å². The molecule has 0 aromatic heterocycles. The number of hydrogen-bond acceptors (Lipinski definition) is 3. The van der Waals surface area contributed by atoms with E-state index in [1.807, 2.05) is 6.07 Å². The molecule has 3 nitrogen and oxygen atoms in total. The van der Waals surface area contributed by atoms with Crippen LogP contribution in [0.2, 0.25) is 0 Å². The molecule has 0 saturated heterocycles. The first-order valence-electron chi connectivity index (χ1n) is 7.02. The Morgan fingerprint density at radius 1 is 1.00 bits per heavy atom. The van der Waals surface area contributed by atoms with Gasteiger partial charge in [-0.05, 0) is 24.1 Å². The minimum atomic E-state index is 0.347. The second-order valence-electron chi connectivity index (χ2n) is 5.43. The minimum Gasteiger partial charge on any atom is -0.454 e. The van der Waals surface area contributed by atoms with E-state index in [0.717, 1.165) is 24.6 Å². The zero-order valence-corrected chi connectivity index (χ0v) is 11.5. The fraction of sp³-hybridized carbons (Fsp3) is 0.294. The van der Waals surface area contributed by atoms with Gasteiger partial charge in [-0.1, -0.05) is 36.4 Å². The van der Waals surface area contributed by atoms with Crippen LogP contribution in [0.1, 0.15) is 29.7 Å². The van der Waals surface area contributed by atoms with Gasteiger partial charge in [0.25, 0.3) is 0 Å². The van der Waals surface area contributed by atoms with Crippen LogP contribution in [-0.4, -0.2) is 11.7 Å². The second-order valence-corrected chi connectivity index (χ2v) is 5.43. The number of ether oxygens (including phenoxy) is 2. The van der Waals surface area contributed by atoms with Crippen LogP contribution in [0, 0.1) is 0 Å². The van der Waals surface area contributed by atoms with Crippen molar-refractivity contribution in [3.05, 3.63) is 59.2 Å². The van der Waals surface area contributed by atoms with E-state index in [0.29, 0.717) is 12.8 Å². The summed E-state index contributed by atoms with van der Waals surface area (Å²) in [5.74, 6) is 1.84. The van der Waals surface area contributed by atoms with Crippen molar-refractivity contribution in [1.29, 1.82) is 0 Å². The van der Waals surface area contributed by atoms with Gasteiger partial charge in [0.15, 0.2) is 11.5 Å². The summed E-state index contributed by atoms with van der Waals surface area (Å²) >= 11 is 0. The molecule has 0 saturated carbocycles. The molecule has 2 heterocycles. The quantitative estimate of drug-likeness (QED) is 0.831. The third-order valence-electron chi connectivity index (χ3n) is 4.30. The maximum atomic E-state index is 5.63. The molecule has 1 atom stereocenters. The first-order valence-corrected chi connectivity index (χ1v) is 7.02. The molecule has 0 aliphatic carbocycles. The van der Waals surface area contributed by atoms with Crippen molar-refractivity contribution in [2.24, 2.45) is 0 Å². The maximum Gasteiger partial charge on any atom is 0.231 e. The van der Waals surface area contributed by atoms with E-state index in [-0.39, 0.29) is 0 Å². The van der Waals surface area contributed by atoms with Crippen LogP contribution in [0.25, 0.3) is 0 Å². The van der Waals surface area contributed by atoms with Crippen LogP contribution >= 0.6 is 0 Å². The lowest BCUT2D eigenvalue weighted by Crippen LogP contribution is -2.20. The van der Waals surface area contributed by atoms with Crippen LogP contribution in [0.5, 0.6) is 11.5 Å². The molecule has 2 aromatic rings. The van der Waals surface area contributed by atoms with Gasteiger partial charge >= 0.3 is 0 Å². The van der Waals surface area contributed by atoms with Crippen molar-refractivity contribution in [3.63, 3.8) is 0 Å². The molecule has 1 unspecified atom stereocenters. The summed E-state index contributed by atoms with van der Waals surface area (Å²) in [6.45, 7) is 4.51. The van der Waals surface area contributed by atoms with Crippen LogP contribution in [-0.2, 0) is 13.1 Å². The molecule has 2 aliphatic rings. The highest BCUT2D eigenvalue weighted by Gasteiger charge is 2.30. The average molecular weight is 267 g/mol. The fourth-order valence-corrected chi connectivity index (χ4v) is 3.09. The van der Waals surface area contributed by atoms with E-state index in [4.69, 9.17) is 9.47 Å². The van der Waals surface area contributed by atoms with Gasteiger partial charge in [-0.3, -0.25) is 4.90 Å². The zero-order valence-electron chi connectivity index (χ0n) is 11.5. The predicted molar refractivity (Wildman–Crippen MR) is 76.7 cm³/mol. The highest BCUT2D eigenvalue weighted by molar-refractivity contribution is 5.53. The molecule has 2 aromatic carbocycles. The highest BCUT2D eigenvalue weighted by Crippen LogP contribution is 2.43. The summed E-state index contributed by atoms with van der Waals surface area (Å²) < 4.78 is 11.1. The predicted octanol–water partition coefficient (Wildman–Crippen LogP) is 3.49. The summed E-state index contributed by atoms with van der Waals surface area (Å²) in [4.78, 5) is 2.47. The largest absolute Gasteiger partial charge is 0.454 e. The summed E-state index contributed by atoms with van der Waals surface area (Å²) in [6, 6.07) is 15.2. The van der Waals surface area contributed by atoms with Crippen LogP contribution in [0.3, 0.4) is 0 Å². The first-order chi connectivity index (χ1) is 9.83. The molecule has 20 heavy (non-hydrogen) atoms. The summed E-state index contributed by atoms with van der Waals surface area (Å²) in [7, 11) is 0. The smallest absolute Gasteiger partial charge is 0.231 e. The molecule has 0 fully saturated rings. The van der Waals surface area contributed by atoms with Crippen molar-refractivity contribution in [2.75, 3.05) is 6.79 Å². The minimum absolute atomic E-state index is 0.347. The number of rotatable bonds is 2. The van der Waals surface area contributed by atoms with E-state index in [9.17, 15) is 0 Å². The molecule has 3 heteroatoms. The molecule has 0 bridgehead atoms. The molecular weight excluding hydrogens is 250 g/mol. The Balaban J connectivity index is 1.63. The van der Waals surface area contributed by atoms with Gasteiger partial charge in [-0.2, -0.15) is 0 Å². The molecule has 102 valence electrons. The number of fused-ring (bicyclic) bond motifs is 3. The molecule has 4 rings (SSSR count). The molecular formula is C17H17NO2. The van der Waals surface area contributed by atoms with Crippen molar-refractivity contribution >= 4 is 0 Å². The lowest BCUT2D eigenvalue weighted by Gasteiger charge is -2.24. The van der Waals surface area contributed by atoms with Gasteiger partial charge in [0.1, 0.15) is 0 Å². The van der Waals surface area contributed by atoms with Crippen molar-refractivity contribution in [3.8, 4) is 11.5 Å². The van der Waals surface area contributed by atoms with E-state index < -0.39 is 0 Å². The van der Waals surface area contributed by atoms with Gasteiger partial charge in [0.2, 0.25) is 6.79 Å². The second kappa shape index (κ2) is 4.53. The average Bonchev–Trinajstić information content (AvgIpc) is 3.12. The molecule has 0 spiro atoms. The summed E-state index contributed by atoms with van der Waals surface area (Å²) in [5.41, 5.74) is 4.01. The lowest BCUT2D eigenvalue weighted by molar-refractivity contribution is 0.171. The van der Waals surface area contributed by atoms with Crippen LogP contribution in [0.4, 0.5) is 0 Å². The van der Waals surface area contributed by atoms with Gasteiger partial charge in [-0.25, -0.2) is 0 Å². The Bertz CT molecular complexity index is 639. The number of hydrogen-bond donors (Lipinski definition) is 0. The normalized spacial score (nSPS) is 18.1. The van der Waals surface area contributed by atoms with E-state index >= 15 is 0 Å². The highest BCUT2D eigenvalue weighted by atomic mass is 16.7. The van der Waals surface area contributed by atoms with Crippen molar-refractivity contribution < 1.29 is 9.47 Å². The Hall–Kier alpha value is -2.00. The molecule has 0 amide bonds. The summed E-state index contributed by atoms with van der Waals surface area (Å²) in [6.07, 6.45) is 0. The SMILES string of the molecule is CC(c1ccccc1)N1Cc2ccc3c(c2C1)OCO3. The van der Waals surface area contributed by atoms with Gasteiger partial charge < -0.3 is 9.47 Å². The Kier molecular flexibility index (Phi) is 2.67. The van der Waals surface area contributed by atoms with Gasteiger partial charge in [0.05, 0.1) is 0 Å². The van der Waals surface area contributed by atoms with Crippen molar-refractivity contribution in [2.45, 2.75) is 26.1 Å². The third kappa shape index (κ3) is 1.78. The lowest BCUT2D eigenvalue weighted by atomic mass is 10.1. The van der Waals surface area contributed by atoms with Gasteiger partial charge in [0, 0.05) is 24.7 Å². The monoisotopic (exact) mass is 267 g/mol. The fourth-order valence-electron chi connectivity index (χ4n) is 3.09. The topological polar surface area (TPSA) is 21.7 Å². The van der Waals surface area contributed by atoms with Gasteiger partial charge in [-0.15, -0.1) is 0 Å². The van der Waals surface area contributed by atoms with Crippen LogP contribution in [0.15, 0.2) is 42.5 Å². The zero-order chi connectivity index (χ0) is 13.5. The Morgan fingerprint density at radius 3 is 2.70 bits per heavy atom. The Morgan fingerprint density at radius 2 is 1.85 bits per heavy atom. The molecule has 0 radical (unpaired) electrons. The maximum absolute atomic E-state index is 5.63. The van der Waals surface area contributed by atoms with E-state index in [1.54, 1.807) is 0 Å². The standard InChI is InChI=1S/C17H17NO2/c1-12(13-5-3-2-4-6-13)18-9-14-7-8-16-17(15(14)10-18)20-11-19-16/h2-8,12H,9-11H2,1H3. The first kappa shape index (κ1) is 11.8. The van der Waals surface area contributed by atoms with Crippen LogP contribution < -0.4 is 9.47 Å². The van der Waals surface area contributed by atoms with Crippen molar-refractivity contribution in [1.82, 2.24) is 4.90 Å². The summed E-state index contributed by atoms with van der Waals surface area (Å²) in [5, 5.41) is 0. The van der Waals surface area contributed by atoms with E-state index in [2.05, 4.69) is 48.2 Å². The molecule has 2 aliphatic heterocycles. The number of benzene rings is 2.